The third-order valence-corrected chi connectivity index (χ3v) is 5.28. The van der Waals surface area contributed by atoms with E-state index >= 15 is 0 Å². The molecule has 0 heterocycles. The van der Waals surface area contributed by atoms with Crippen LogP contribution in [0.1, 0.15) is 56.7 Å². The molecule has 2 amide bonds. The molecule has 0 aliphatic heterocycles. The minimum atomic E-state index is -0.138. The van der Waals surface area contributed by atoms with Crippen molar-refractivity contribution in [1.82, 2.24) is 10.2 Å². The van der Waals surface area contributed by atoms with Crippen LogP contribution in [-0.2, 0) is 24.2 Å². The van der Waals surface area contributed by atoms with Crippen molar-refractivity contribution in [2.75, 3.05) is 14.1 Å². The van der Waals surface area contributed by atoms with Crippen LogP contribution >= 0.6 is 0 Å². The number of Topliss-reactive ketones (excluding diaryl/α,β-unsaturated/α-hetero) is 1. The Hall–Kier alpha value is -2.95. The molecule has 146 valence electrons. The molecular weight excluding hydrogens is 352 g/mol. The van der Waals surface area contributed by atoms with Crippen LogP contribution in [0.15, 0.2) is 42.5 Å². The van der Waals surface area contributed by atoms with Crippen molar-refractivity contribution in [3.8, 4) is 0 Å². The van der Waals surface area contributed by atoms with Crippen LogP contribution in [0.5, 0.6) is 0 Å². The number of benzene rings is 2. The topological polar surface area (TPSA) is 66.5 Å². The van der Waals surface area contributed by atoms with Gasteiger partial charge in [0.25, 0.3) is 5.91 Å². The Kier molecular flexibility index (Phi) is 6.24. The number of nitrogens with zero attached hydrogens (tertiary/aromatic N) is 1. The van der Waals surface area contributed by atoms with Gasteiger partial charge in [-0.25, -0.2) is 0 Å². The van der Waals surface area contributed by atoms with E-state index in [0.717, 1.165) is 24.8 Å². The average Bonchev–Trinajstić information content (AvgIpc) is 3.19. The molecule has 3 rings (SSSR count). The van der Waals surface area contributed by atoms with Crippen molar-refractivity contribution in [2.45, 2.75) is 38.6 Å². The summed E-state index contributed by atoms with van der Waals surface area (Å²) in [5, 5.41) is 2.58. The highest BCUT2D eigenvalue weighted by molar-refractivity contribution is 5.98. The summed E-state index contributed by atoms with van der Waals surface area (Å²) in [5.41, 5.74) is 4.85. The van der Waals surface area contributed by atoms with Crippen LogP contribution in [0.4, 0.5) is 0 Å². The molecule has 0 saturated carbocycles. The number of carbonyl (C=O) groups excluding carboxylic acids is 3. The molecule has 2 aromatic rings. The second kappa shape index (κ2) is 8.83. The molecule has 0 fully saturated rings. The third kappa shape index (κ3) is 4.66. The molecule has 0 spiro atoms. The second-order valence-corrected chi connectivity index (χ2v) is 7.29. The van der Waals surface area contributed by atoms with Gasteiger partial charge in [0, 0.05) is 44.6 Å². The van der Waals surface area contributed by atoms with E-state index in [9.17, 15) is 14.4 Å². The minimum absolute atomic E-state index is 0.0198. The number of nitrogens with one attached hydrogen (secondary N) is 1. The van der Waals surface area contributed by atoms with E-state index in [1.807, 2.05) is 30.3 Å². The third-order valence-electron chi connectivity index (χ3n) is 5.28. The Labute approximate surface area is 165 Å². The maximum Gasteiger partial charge on any atom is 0.251 e. The van der Waals surface area contributed by atoms with E-state index in [-0.39, 0.29) is 30.4 Å². The highest BCUT2D eigenvalue weighted by Crippen LogP contribution is 2.23. The lowest BCUT2D eigenvalue weighted by atomic mass is 10.0. The van der Waals surface area contributed by atoms with Gasteiger partial charge in [-0.3, -0.25) is 14.4 Å². The maximum atomic E-state index is 12.5. The molecule has 0 unspecified atom stereocenters. The van der Waals surface area contributed by atoms with E-state index in [1.165, 1.54) is 11.1 Å². The van der Waals surface area contributed by atoms with Crippen molar-refractivity contribution in [2.24, 2.45) is 0 Å². The van der Waals surface area contributed by atoms with E-state index < -0.39 is 0 Å². The number of ketones is 1. The monoisotopic (exact) mass is 378 g/mol. The summed E-state index contributed by atoms with van der Waals surface area (Å²) in [6, 6.07) is 13.1. The number of aryl methyl sites for hydroxylation is 2. The van der Waals surface area contributed by atoms with Crippen LogP contribution < -0.4 is 5.32 Å². The van der Waals surface area contributed by atoms with Crippen molar-refractivity contribution >= 4 is 17.6 Å². The summed E-state index contributed by atoms with van der Waals surface area (Å²) in [4.78, 5) is 38.0. The molecule has 0 radical (unpaired) electrons. The number of hydrogen-bond donors (Lipinski definition) is 1. The Morgan fingerprint density at radius 2 is 1.61 bits per heavy atom. The summed E-state index contributed by atoms with van der Waals surface area (Å²) < 4.78 is 0. The summed E-state index contributed by atoms with van der Waals surface area (Å²) in [7, 11) is 3.32. The maximum absolute atomic E-state index is 12.5. The number of hydrogen-bond acceptors (Lipinski definition) is 3. The average molecular weight is 378 g/mol. The summed E-state index contributed by atoms with van der Waals surface area (Å²) >= 11 is 0. The summed E-state index contributed by atoms with van der Waals surface area (Å²) in [5.74, 6) is -0.183. The highest BCUT2D eigenvalue weighted by atomic mass is 16.2. The number of amides is 2. The van der Waals surface area contributed by atoms with Crippen LogP contribution in [0, 0.1) is 0 Å². The molecule has 5 heteroatoms. The van der Waals surface area contributed by atoms with Crippen LogP contribution in [-0.4, -0.2) is 36.6 Å². The van der Waals surface area contributed by atoms with Crippen molar-refractivity contribution in [3.05, 3.63) is 70.3 Å². The SMILES string of the molecule is CNC(=O)c1ccc(CN(C)C(=O)CCC(=O)c2ccc3c(c2)CCC3)cc1. The Morgan fingerprint density at radius 3 is 2.32 bits per heavy atom. The molecule has 1 aliphatic carbocycles. The Balaban J connectivity index is 1.51. The normalized spacial score (nSPS) is 12.4. The fourth-order valence-electron chi connectivity index (χ4n) is 3.57. The molecule has 0 saturated heterocycles. The zero-order chi connectivity index (χ0) is 20.1. The molecule has 0 bridgehead atoms. The first-order valence-corrected chi connectivity index (χ1v) is 9.68. The lowest BCUT2D eigenvalue weighted by Crippen LogP contribution is -2.26. The molecule has 1 aliphatic rings. The number of carbonyl (C=O) groups is 3. The number of fused-ring (bicyclic) bond motifs is 1. The van der Waals surface area contributed by atoms with Gasteiger partial charge in [0.1, 0.15) is 0 Å². The Morgan fingerprint density at radius 1 is 0.929 bits per heavy atom. The van der Waals surface area contributed by atoms with E-state index in [1.54, 1.807) is 31.1 Å². The second-order valence-electron chi connectivity index (χ2n) is 7.29. The quantitative estimate of drug-likeness (QED) is 0.753. The molecule has 2 aromatic carbocycles. The van der Waals surface area contributed by atoms with Gasteiger partial charge in [-0.1, -0.05) is 24.3 Å². The van der Waals surface area contributed by atoms with Crippen molar-refractivity contribution < 1.29 is 14.4 Å². The van der Waals surface area contributed by atoms with Crippen molar-refractivity contribution in [1.29, 1.82) is 0 Å². The van der Waals surface area contributed by atoms with Gasteiger partial charge >= 0.3 is 0 Å². The van der Waals surface area contributed by atoms with Crippen LogP contribution in [0.2, 0.25) is 0 Å². The van der Waals surface area contributed by atoms with E-state index in [0.29, 0.717) is 17.7 Å². The van der Waals surface area contributed by atoms with Gasteiger partial charge < -0.3 is 10.2 Å². The summed E-state index contributed by atoms with van der Waals surface area (Å²) in [6.07, 6.45) is 3.70. The molecular formula is C23H26N2O3. The van der Waals surface area contributed by atoms with Crippen LogP contribution in [0.3, 0.4) is 0 Å². The first kappa shape index (κ1) is 19.8. The fraction of sp³-hybridized carbons (Fsp3) is 0.348. The fourth-order valence-corrected chi connectivity index (χ4v) is 3.57. The Bertz CT molecular complexity index is 887. The molecule has 0 atom stereocenters. The first-order chi connectivity index (χ1) is 13.5. The lowest BCUT2D eigenvalue weighted by Gasteiger charge is -2.17. The smallest absolute Gasteiger partial charge is 0.251 e. The zero-order valence-electron chi connectivity index (χ0n) is 16.5. The van der Waals surface area contributed by atoms with Gasteiger partial charge in [0.2, 0.25) is 5.91 Å². The summed E-state index contributed by atoms with van der Waals surface area (Å²) in [6.45, 7) is 0.444. The molecule has 5 nitrogen and oxygen atoms in total. The van der Waals surface area contributed by atoms with E-state index in [4.69, 9.17) is 0 Å². The van der Waals surface area contributed by atoms with Gasteiger partial charge in [-0.05, 0) is 54.2 Å². The van der Waals surface area contributed by atoms with Crippen LogP contribution in [0.25, 0.3) is 0 Å². The first-order valence-electron chi connectivity index (χ1n) is 9.68. The van der Waals surface area contributed by atoms with E-state index in [2.05, 4.69) is 5.32 Å². The van der Waals surface area contributed by atoms with Gasteiger partial charge in [-0.2, -0.15) is 0 Å². The largest absolute Gasteiger partial charge is 0.355 e. The van der Waals surface area contributed by atoms with Gasteiger partial charge in [-0.15, -0.1) is 0 Å². The van der Waals surface area contributed by atoms with Crippen molar-refractivity contribution in [3.63, 3.8) is 0 Å². The standard InChI is InChI=1S/C23H26N2O3/c1-24-23(28)18-8-6-16(7-9-18)15-25(2)22(27)13-12-21(26)20-11-10-17-4-3-5-19(17)14-20/h6-11,14H,3-5,12-13,15H2,1-2H3,(H,24,28). The molecule has 1 N–H and O–H groups in total. The lowest BCUT2D eigenvalue weighted by molar-refractivity contribution is -0.130. The van der Waals surface area contributed by atoms with Gasteiger partial charge in [0.05, 0.1) is 0 Å². The number of rotatable bonds is 7. The predicted molar refractivity (Wildman–Crippen MR) is 108 cm³/mol. The molecule has 0 aromatic heterocycles. The van der Waals surface area contributed by atoms with Gasteiger partial charge in [0.15, 0.2) is 5.78 Å². The zero-order valence-corrected chi connectivity index (χ0v) is 16.5. The predicted octanol–water partition coefficient (Wildman–Crippen LogP) is 3.16. The molecule has 28 heavy (non-hydrogen) atoms. The minimum Gasteiger partial charge on any atom is -0.355 e. The highest BCUT2D eigenvalue weighted by Gasteiger charge is 2.16.